The maximum atomic E-state index is 5.63. The molecule has 0 unspecified atom stereocenters. The number of methoxy groups -OCH3 is 1. The molecule has 24 heavy (non-hydrogen) atoms. The van der Waals surface area contributed by atoms with E-state index >= 15 is 0 Å². The minimum Gasteiger partial charge on any atom is -0.496 e. The minimum atomic E-state index is -0.00929. The molecule has 0 fully saturated rings. The van der Waals surface area contributed by atoms with Crippen molar-refractivity contribution in [2.24, 2.45) is 0 Å². The van der Waals surface area contributed by atoms with Crippen LogP contribution in [-0.4, -0.2) is 12.6 Å². The highest BCUT2D eigenvalue weighted by atomic mass is 16.5. The van der Waals surface area contributed by atoms with Crippen molar-refractivity contribution < 1.29 is 4.74 Å². The number of hydrogen-bond acceptors (Lipinski definition) is 2. The van der Waals surface area contributed by atoms with Crippen LogP contribution in [0.2, 0.25) is 0 Å². The number of ether oxygens (including phenoxy) is 1. The van der Waals surface area contributed by atoms with Gasteiger partial charge in [-0.1, -0.05) is 30.7 Å². The van der Waals surface area contributed by atoms with Crippen LogP contribution < -0.4 is 10.1 Å². The first-order valence-electron chi connectivity index (χ1n) is 8.65. The van der Waals surface area contributed by atoms with Crippen LogP contribution >= 0.6 is 0 Å². The average molecular weight is 321 g/mol. The molecule has 1 aliphatic rings. The molecular weight excluding hydrogens is 294 g/mol. The fourth-order valence-corrected chi connectivity index (χ4v) is 3.85. The zero-order valence-electron chi connectivity index (χ0n) is 15.6. The normalized spacial score (nSPS) is 15.3. The summed E-state index contributed by atoms with van der Waals surface area (Å²) in [7, 11) is 1.74. The second kappa shape index (κ2) is 6.01. The number of nitrogens with one attached hydrogen (secondary N) is 1. The molecule has 0 atom stereocenters. The fourth-order valence-electron chi connectivity index (χ4n) is 3.85. The Kier molecular flexibility index (Phi) is 4.16. The van der Waals surface area contributed by atoms with Gasteiger partial charge in [0.1, 0.15) is 5.75 Å². The zero-order chi connectivity index (χ0) is 17.5. The molecule has 2 aromatic carbocycles. The largest absolute Gasteiger partial charge is 0.496 e. The first-order valence-corrected chi connectivity index (χ1v) is 8.65. The van der Waals surface area contributed by atoms with Crippen molar-refractivity contribution in [2.45, 2.75) is 46.6 Å². The van der Waals surface area contributed by atoms with E-state index in [1.807, 2.05) is 0 Å². The summed E-state index contributed by atoms with van der Waals surface area (Å²) >= 11 is 0. The topological polar surface area (TPSA) is 21.3 Å². The van der Waals surface area contributed by atoms with Crippen LogP contribution in [0.15, 0.2) is 36.4 Å². The van der Waals surface area contributed by atoms with E-state index in [1.54, 1.807) is 7.11 Å². The van der Waals surface area contributed by atoms with Gasteiger partial charge in [-0.2, -0.15) is 0 Å². The number of aryl methyl sites for hydroxylation is 1. The lowest BCUT2D eigenvalue weighted by Crippen LogP contribution is -2.31. The van der Waals surface area contributed by atoms with Gasteiger partial charge >= 0.3 is 0 Å². The van der Waals surface area contributed by atoms with Crippen molar-refractivity contribution in [3.63, 3.8) is 0 Å². The van der Waals surface area contributed by atoms with Crippen molar-refractivity contribution in [3.8, 4) is 16.9 Å². The van der Waals surface area contributed by atoms with Crippen LogP contribution in [0.3, 0.4) is 0 Å². The number of allylic oxidation sites excluding steroid dienone is 1. The first-order chi connectivity index (χ1) is 11.4. The molecule has 2 aromatic rings. The molecule has 0 radical (unpaired) electrons. The summed E-state index contributed by atoms with van der Waals surface area (Å²) < 4.78 is 5.63. The predicted molar refractivity (Wildman–Crippen MR) is 104 cm³/mol. The molecule has 1 aliphatic heterocycles. The summed E-state index contributed by atoms with van der Waals surface area (Å²) in [6, 6.07) is 10.8. The van der Waals surface area contributed by atoms with Crippen LogP contribution in [-0.2, 0) is 6.42 Å². The Labute approximate surface area is 145 Å². The van der Waals surface area contributed by atoms with Crippen LogP contribution in [0.25, 0.3) is 16.7 Å². The summed E-state index contributed by atoms with van der Waals surface area (Å²) in [5, 5.41) is 3.65. The van der Waals surface area contributed by atoms with Crippen LogP contribution in [0.1, 0.15) is 44.4 Å². The van der Waals surface area contributed by atoms with Crippen LogP contribution in [0.5, 0.6) is 5.75 Å². The van der Waals surface area contributed by atoms with Gasteiger partial charge in [0.25, 0.3) is 0 Å². The number of fused-ring (bicyclic) bond motifs is 1. The van der Waals surface area contributed by atoms with Crippen LogP contribution in [0.4, 0.5) is 5.69 Å². The molecule has 0 saturated carbocycles. The second-order valence-corrected chi connectivity index (χ2v) is 7.25. The van der Waals surface area contributed by atoms with Crippen molar-refractivity contribution in [1.82, 2.24) is 0 Å². The van der Waals surface area contributed by atoms with Crippen molar-refractivity contribution >= 4 is 11.3 Å². The van der Waals surface area contributed by atoms with Gasteiger partial charge in [0.05, 0.1) is 12.6 Å². The Bertz CT molecular complexity index is 815. The van der Waals surface area contributed by atoms with Crippen molar-refractivity contribution in [1.29, 1.82) is 0 Å². The predicted octanol–water partition coefficient (Wildman–Crippen LogP) is 5.84. The third-order valence-electron chi connectivity index (χ3n) is 4.74. The fraction of sp³-hybridized carbons (Fsp3) is 0.364. The molecule has 1 heterocycles. The molecule has 0 bridgehead atoms. The van der Waals surface area contributed by atoms with Crippen molar-refractivity contribution in [2.75, 3.05) is 12.4 Å². The molecule has 3 rings (SSSR count). The van der Waals surface area contributed by atoms with Gasteiger partial charge in [0, 0.05) is 16.8 Å². The molecule has 126 valence electrons. The van der Waals surface area contributed by atoms with E-state index in [0.29, 0.717) is 0 Å². The number of rotatable bonds is 3. The summed E-state index contributed by atoms with van der Waals surface area (Å²) in [4.78, 5) is 0. The molecular formula is C22H27NO. The maximum Gasteiger partial charge on any atom is 0.126 e. The molecule has 0 spiro atoms. The van der Waals surface area contributed by atoms with Gasteiger partial charge in [0.2, 0.25) is 0 Å². The van der Waals surface area contributed by atoms with Crippen LogP contribution in [0, 0.1) is 6.92 Å². The highest BCUT2D eigenvalue weighted by Crippen LogP contribution is 2.42. The van der Waals surface area contributed by atoms with E-state index < -0.39 is 0 Å². The smallest absolute Gasteiger partial charge is 0.126 e. The quantitative estimate of drug-likeness (QED) is 0.766. The molecule has 0 amide bonds. The molecule has 2 nitrogen and oxygen atoms in total. The number of benzene rings is 2. The van der Waals surface area contributed by atoms with Crippen molar-refractivity contribution in [3.05, 3.63) is 53.1 Å². The Morgan fingerprint density at radius 2 is 1.79 bits per heavy atom. The standard InChI is InChI=1S/C22H27NO/c1-7-16-17(18-12-14(2)8-11-20(18)24-6)9-10-19-21(16)15(3)13-22(4,5)23-19/h8-13,23H,7H2,1-6H3. The second-order valence-electron chi connectivity index (χ2n) is 7.25. The minimum absolute atomic E-state index is 0.00929. The molecule has 2 heteroatoms. The lowest BCUT2D eigenvalue weighted by atomic mass is 9.84. The molecule has 0 aliphatic carbocycles. The third-order valence-corrected chi connectivity index (χ3v) is 4.74. The molecule has 0 aromatic heterocycles. The Morgan fingerprint density at radius 1 is 1.04 bits per heavy atom. The van der Waals surface area contributed by atoms with E-state index in [0.717, 1.165) is 12.2 Å². The lowest BCUT2D eigenvalue weighted by molar-refractivity contribution is 0.416. The average Bonchev–Trinajstić information content (AvgIpc) is 2.52. The summed E-state index contributed by atoms with van der Waals surface area (Å²) in [5.74, 6) is 0.931. The monoisotopic (exact) mass is 321 g/mol. The van der Waals surface area contributed by atoms with Gasteiger partial charge in [-0.15, -0.1) is 0 Å². The number of hydrogen-bond donors (Lipinski definition) is 1. The van der Waals surface area contributed by atoms with Gasteiger partial charge in [0.15, 0.2) is 0 Å². The van der Waals surface area contributed by atoms with E-state index in [9.17, 15) is 0 Å². The van der Waals surface area contributed by atoms with Gasteiger partial charge < -0.3 is 10.1 Å². The van der Waals surface area contributed by atoms with E-state index in [-0.39, 0.29) is 5.54 Å². The summed E-state index contributed by atoms with van der Waals surface area (Å²) in [6.07, 6.45) is 3.31. The van der Waals surface area contributed by atoms with Gasteiger partial charge in [-0.25, -0.2) is 0 Å². The van der Waals surface area contributed by atoms with E-state index in [4.69, 9.17) is 4.74 Å². The lowest BCUT2D eigenvalue weighted by Gasteiger charge is -2.33. The Morgan fingerprint density at radius 3 is 2.46 bits per heavy atom. The Balaban J connectivity index is 2.26. The summed E-state index contributed by atoms with van der Waals surface area (Å²) in [5.41, 5.74) is 8.99. The van der Waals surface area contributed by atoms with E-state index in [1.165, 1.54) is 39.1 Å². The molecule has 0 saturated heterocycles. The Hall–Kier alpha value is -2.22. The maximum absolute atomic E-state index is 5.63. The van der Waals surface area contributed by atoms with Gasteiger partial charge in [-0.3, -0.25) is 0 Å². The first kappa shape index (κ1) is 16.6. The zero-order valence-corrected chi connectivity index (χ0v) is 15.6. The third kappa shape index (κ3) is 2.82. The van der Waals surface area contributed by atoms with E-state index in [2.05, 4.69) is 76.3 Å². The molecule has 1 N–H and O–H groups in total. The summed E-state index contributed by atoms with van der Waals surface area (Å²) in [6.45, 7) is 11.0. The highest BCUT2D eigenvalue weighted by molar-refractivity contribution is 5.88. The van der Waals surface area contributed by atoms with Gasteiger partial charge in [-0.05, 0) is 69.0 Å². The highest BCUT2D eigenvalue weighted by Gasteiger charge is 2.25. The SMILES string of the molecule is CCc1c(-c2cc(C)ccc2OC)ccc2c1C(C)=CC(C)(C)N2. The number of anilines is 1.